The number of hydrogen-bond acceptors (Lipinski definition) is 5. The smallest absolute Gasteiger partial charge is 0.416 e. The van der Waals surface area contributed by atoms with Gasteiger partial charge in [0.2, 0.25) is 0 Å². The molecule has 0 fully saturated rings. The minimum absolute atomic E-state index is 0.149. The molecule has 0 amide bonds. The molecule has 3 aromatic carbocycles. The van der Waals surface area contributed by atoms with Gasteiger partial charge in [-0.2, -0.15) is 13.2 Å². The van der Waals surface area contributed by atoms with Crippen molar-refractivity contribution in [3.8, 4) is 16.9 Å². The Morgan fingerprint density at radius 2 is 1.73 bits per heavy atom. The van der Waals surface area contributed by atoms with Crippen LogP contribution in [0.2, 0.25) is 0 Å². The lowest BCUT2D eigenvalue weighted by Crippen LogP contribution is -2.27. The molecule has 5 nitrogen and oxygen atoms in total. The predicted molar refractivity (Wildman–Crippen MR) is 138 cm³/mol. The SMILES string of the molecule is CCOC(=O)COc1ccc(CN(CCOC)c2cccc(-c3ccc(C(F)(F)F)cc3)c2C)cc1C. The van der Waals surface area contributed by atoms with E-state index in [2.05, 4.69) is 4.90 Å². The highest BCUT2D eigenvalue weighted by Crippen LogP contribution is 2.35. The third-order valence-corrected chi connectivity index (χ3v) is 6.00. The molecule has 0 heterocycles. The topological polar surface area (TPSA) is 48.0 Å². The van der Waals surface area contributed by atoms with E-state index in [-0.39, 0.29) is 6.61 Å². The van der Waals surface area contributed by atoms with E-state index >= 15 is 0 Å². The second kappa shape index (κ2) is 12.6. The average Bonchev–Trinajstić information content (AvgIpc) is 2.86. The molecule has 0 N–H and O–H groups in total. The largest absolute Gasteiger partial charge is 0.482 e. The third-order valence-electron chi connectivity index (χ3n) is 6.00. The first-order valence-corrected chi connectivity index (χ1v) is 12.0. The first kappa shape index (κ1) is 28.1. The van der Waals surface area contributed by atoms with E-state index in [0.717, 1.165) is 45.6 Å². The van der Waals surface area contributed by atoms with Crippen LogP contribution in [0.15, 0.2) is 60.7 Å². The molecular weight excluding hydrogens is 483 g/mol. The summed E-state index contributed by atoms with van der Waals surface area (Å²) in [6.45, 7) is 7.49. The number of anilines is 1. The van der Waals surface area contributed by atoms with Crippen molar-refractivity contribution in [3.63, 3.8) is 0 Å². The fraction of sp³-hybridized carbons (Fsp3) is 0.345. The number of halogens is 3. The Labute approximate surface area is 215 Å². The lowest BCUT2D eigenvalue weighted by molar-refractivity contribution is -0.145. The minimum Gasteiger partial charge on any atom is -0.482 e. The number of nitrogens with zero attached hydrogens (tertiary/aromatic N) is 1. The summed E-state index contributed by atoms with van der Waals surface area (Å²) in [4.78, 5) is 13.8. The normalized spacial score (nSPS) is 11.3. The summed E-state index contributed by atoms with van der Waals surface area (Å²) in [5.74, 6) is 0.195. The number of benzene rings is 3. The highest BCUT2D eigenvalue weighted by atomic mass is 19.4. The molecule has 0 saturated carbocycles. The highest BCUT2D eigenvalue weighted by Gasteiger charge is 2.30. The summed E-state index contributed by atoms with van der Waals surface area (Å²) in [5, 5.41) is 0. The molecule has 0 aliphatic carbocycles. The van der Waals surface area contributed by atoms with Gasteiger partial charge in [0.15, 0.2) is 6.61 Å². The van der Waals surface area contributed by atoms with E-state index in [1.165, 1.54) is 12.1 Å². The Bertz CT molecular complexity index is 1190. The van der Waals surface area contributed by atoms with Gasteiger partial charge in [-0.1, -0.05) is 36.4 Å². The van der Waals surface area contributed by atoms with Crippen LogP contribution in [0.4, 0.5) is 18.9 Å². The number of rotatable bonds is 11. The van der Waals surface area contributed by atoms with E-state index < -0.39 is 17.7 Å². The van der Waals surface area contributed by atoms with Gasteiger partial charge in [0.05, 0.1) is 18.8 Å². The van der Waals surface area contributed by atoms with Crippen LogP contribution in [0.25, 0.3) is 11.1 Å². The predicted octanol–water partition coefficient (Wildman–Crippen LogP) is 6.58. The van der Waals surface area contributed by atoms with E-state index in [0.29, 0.717) is 32.1 Å². The summed E-state index contributed by atoms with van der Waals surface area (Å²) in [7, 11) is 1.64. The van der Waals surface area contributed by atoms with Gasteiger partial charge in [-0.05, 0) is 72.9 Å². The van der Waals surface area contributed by atoms with Crippen molar-refractivity contribution in [2.24, 2.45) is 0 Å². The first-order chi connectivity index (χ1) is 17.6. The minimum atomic E-state index is -4.37. The molecule has 0 bridgehead atoms. The molecule has 0 aliphatic rings. The van der Waals surface area contributed by atoms with Gasteiger partial charge in [0, 0.05) is 25.9 Å². The quantitative estimate of drug-likeness (QED) is 0.270. The Morgan fingerprint density at radius 1 is 1.00 bits per heavy atom. The molecule has 0 aromatic heterocycles. The van der Waals surface area contributed by atoms with Gasteiger partial charge in [0.1, 0.15) is 5.75 Å². The van der Waals surface area contributed by atoms with Crippen molar-refractivity contribution >= 4 is 11.7 Å². The van der Waals surface area contributed by atoms with Crippen molar-refractivity contribution in [3.05, 3.63) is 82.9 Å². The molecule has 37 heavy (non-hydrogen) atoms. The van der Waals surface area contributed by atoms with Crippen LogP contribution in [-0.2, 0) is 27.0 Å². The number of methoxy groups -OCH3 is 1. The molecule has 198 valence electrons. The Hall–Kier alpha value is -3.52. The molecule has 0 saturated heterocycles. The lowest BCUT2D eigenvalue weighted by Gasteiger charge is -2.28. The zero-order valence-corrected chi connectivity index (χ0v) is 21.5. The number of hydrogen-bond donors (Lipinski definition) is 0. The number of ether oxygens (including phenoxy) is 3. The zero-order chi connectivity index (χ0) is 27.0. The van der Waals surface area contributed by atoms with E-state index in [4.69, 9.17) is 14.2 Å². The van der Waals surface area contributed by atoms with Crippen LogP contribution >= 0.6 is 0 Å². The maximum atomic E-state index is 13.0. The summed E-state index contributed by atoms with van der Waals surface area (Å²) in [6, 6.07) is 16.9. The van der Waals surface area contributed by atoms with Crippen LogP contribution in [0.3, 0.4) is 0 Å². The monoisotopic (exact) mass is 515 g/mol. The number of carbonyl (C=O) groups excluding carboxylic acids is 1. The third kappa shape index (κ3) is 7.49. The van der Waals surface area contributed by atoms with Crippen LogP contribution in [0.1, 0.15) is 29.2 Å². The van der Waals surface area contributed by atoms with Gasteiger partial charge < -0.3 is 19.1 Å². The molecule has 0 atom stereocenters. The molecule has 3 rings (SSSR count). The number of alkyl halides is 3. The summed E-state index contributed by atoms with van der Waals surface area (Å²) >= 11 is 0. The number of aryl methyl sites for hydroxylation is 1. The van der Waals surface area contributed by atoms with E-state index in [9.17, 15) is 18.0 Å². The standard InChI is InChI=1S/C29H32F3NO4/c1-5-36-28(34)19-37-27-14-9-22(17-20(27)2)18-33(15-16-35-4)26-8-6-7-25(21(26)3)23-10-12-24(13-11-23)29(30,31)32/h6-14,17H,5,15-16,18-19H2,1-4H3. The second-order valence-corrected chi connectivity index (χ2v) is 8.63. The molecule has 0 unspecified atom stereocenters. The molecular formula is C29H32F3NO4. The molecule has 0 spiro atoms. The van der Waals surface area contributed by atoms with Crippen LogP contribution < -0.4 is 9.64 Å². The Balaban J connectivity index is 1.84. The number of esters is 1. The van der Waals surface area contributed by atoms with Gasteiger partial charge in [0.25, 0.3) is 0 Å². The fourth-order valence-corrected chi connectivity index (χ4v) is 4.14. The van der Waals surface area contributed by atoms with Gasteiger partial charge >= 0.3 is 12.1 Å². The molecule has 8 heteroatoms. The van der Waals surface area contributed by atoms with Crippen LogP contribution in [0, 0.1) is 13.8 Å². The van der Waals surface area contributed by atoms with Crippen molar-refractivity contribution in [2.45, 2.75) is 33.5 Å². The highest BCUT2D eigenvalue weighted by molar-refractivity contribution is 5.74. The zero-order valence-electron chi connectivity index (χ0n) is 21.5. The van der Waals surface area contributed by atoms with E-state index in [1.807, 2.05) is 50.2 Å². The van der Waals surface area contributed by atoms with E-state index in [1.54, 1.807) is 14.0 Å². The average molecular weight is 516 g/mol. The van der Waals surface area contributed by atoms with Crippen LogP contribution in [0.5, 0.6) is 5.75 Å². The van der Waals surface area contributed by atoms with Gasteiger partial charge in [-0.25, -0.2) is 4.79 Å². The maximum absolute atomic E-state index is 13.0. The second-order valence-electron chi connectivity index (χ2n) is 8.63. The summed E-state index contributed by atoms with van der Waals surface area (Å²) in [5.41, 5.74) is 4.78. The van der Waals surface area contributed by atoms with Crippen LogP contribution in [-0.4, -0.2) is 39.4 Å². The fourth-order valence-electron chi connectivity index (χ4n) is 4.14. The van der Waals surface area contributed by atoms with Gasteiger partial charge in [-0.15, -0.1) is 0 Å². The maximum Gasteiger partial charge on any atom is 0.416 e. The van der Waals surface area contributed by atoms with Crippen molar-refractivity contribution in [1.29, 1.82) is 0 Å². The molecule has 0 radical (unpaired) electrons. The van der Waals surface area contributed by atoms with Gasteiger partial charge in [-0.3, -0.25) is 0 Å². The van der Waals surface area contributed by atoms with Crippen molar-refractivity contribution in [1.82, 2.24) is 0 Å². The summed E-state index contributed by atoms with van der Waals surface area (Å²) in [6.07, 6.45) is -4.37. The number of carbonyl (C=O) groups is 1. The Kier molecular flexibility index (Phi) is 9.58. The summed E-state index contributed by atoms with van der Waals surface area (Å²) < 4.78 is 54.9. The lowest BCUT2D eigenvalue weighted by atomic mass is 9.97. The first-order valence-electron chi connectivity index (χ1n) is 12.0. The molecule has 0 aliphatic heterocycles. The molecule has 3 aromatic rings. The van der Waals surface area contributed by atoms with Crippen molar-refractivity contribution < 1.29 is 32.2 Å². The Morgan fingerprint density at radius 3 is 2.35 bits per heavy atom. The van der Waals surface area contributed by atoms with Crippen molar-refractivity contribution in [2.75, 3.05) is 38.4 Å².